The number of ether oxygens (including phenoxy) is 2. The fourth-order valence-corrected chi connectivity index (χ4v) is 6.60. The van der Waals surface area contributed by atoms with Crippen LogP contribution in [-0.4, -0.2) is 90.3 Å². The van der Waals surface area contributed by atoms with Crippen molar-refractivity contribution in [3.63, 3.8) is 0 Å². The minimum atomic E-state index is -1.11. The monoisotopic (exact) mass is 525 g/mol. The number of methoxy groups -OCH3 is 1. The van der Waals surface area contributed by atoms with Crippen LogP contribution in [0.25, 0.3) is 0 Å². The van der Waals surface area contributed by atoms with Gasteiger partial charge in [0.25, 0.3) is 5.91 Å². The van der Waals surface area contributed by atoms with Crippen molar-refractivity contribution >= 4 is 23.4 Å². The molecule has 9 nitrogen and oxygen atoms in total. The maximum absolute atomic E-state index is 14.4. The summed E-state index contributed by atoms with van der Waals surface area (Å²) in [5, 5.41) is 9.37. The quantitative estimate of drug-likeness (QED) is 0.332. The van der Waals surface area contributed by atoms with E-state index in [1.165, 1.54) is 0 Å². The highest BCUT2D eigenvalue weighted by molar-refractivity contribution is 6.05. The number of carbonyl (C=O) groups is 3. The Morgan fingerprint density at radius 1 is 1.16 bits per heavy atom. The maximum Gasteiger partial charge on any atom is 0.253 e. The third-order valence-corrected chi connectivity index (χ3v) is 8.32. The number of likely N-dealkylation sites (N-methyl/N-ethyl adjacent to an activating group) is 1. The van der Waals surface area contributed by atoms with Crippen LogP contribution in [-0.2, 0) is 19.1 Å². The molecule has 206 valence electrons. The largest absolute Gasteiger partial charge is 0.497 e. The topological polar surface area (TPSA) is 99.6 Å². The molecule has 1 N–H and O–H groups in total. The lowest BCUT2D eigenvalue weighted by molar-refractivity contribution is -0.149. The highest BCUT2D eigenvalue weighted by atomic mass is 16.5. The lowest BCUT2D eigenvalue weighted by atomic mass is 9.66. The lowest BCUT2D eigenvalue weighted by Gasteiger charge is -2.37. The van der Waals surface area contributed by atoms with Gasteiger partial charge in [-0.25, -0.2) is 0 Å². The molecule has 38 heavy (non-hydrogen) atoms. The fraction of sp³-hybridized carbons (Fsp3) is 0.552. The van der Waals surface area contributed by atoms with Crippen molar-refractivity contribution in [2.45, 2.75) is 49.9 Å². The number of hydrogen-bond donors (Lipinski definition) is 1. The molecule has 3 saturated heterocycles. The van der Waals surface area contributed by atoms with Crippen LogP contribution in [0.4, 0.5) is 5.69 Å². The minimum absolute atomic E-state index is 0.00825. The second kappa shape index (κ2) is 10.9. The molecule has 9 heteroatoms. The summed E-state index contributed by atoms with van der Waals surface area (Å²) < 4.78 is 12.0. The summed E-state index contributed by atoms with van der Waals surface area (Å²) in [4.78, 5) is 47.0. The molecule has 4 rings (SSSR count). The average Bonchev–Trinajstić information content (AvgIpc) is 3.47. The maximum atomic E-state index is 14.4. The van der Waals surface area contributed by atoms with Crippen LogP contribution in [0.3, 0.4) is 0 Å². The summed E-state index contributed by atoms with van der Waals surface area (Å²) in [5.41, 5.74) is -1.30. The van der Waals surface area contributed by atoms with Gasteiger partial charge in [-0.15, -0.1) is 13.2 Å². The van der Waals surface area contributed by atoms with Crippen molar-refractivity contribution < 1.29 is 29.0 Å². The van der Waals surface area contributed by atoms with Crippen molar-refractivity contribution in [3.8, 4) is 5.75 Å². The highest BCUT2D eigenvalue weighted by Gasteiger charge is 2.78. The van der Waals surface area contributed by atoms with Gasteiger partial charge < -0.3 is 29.3 Å². The zero-order valence-corrected chi connectivity index (χ0v) is 22.6. The van der Waals surface area contributed by atoms with E-state index >= 15 is 0 Å². The summed E-state index contributed by atoms with van der Waals surface area (Å²) in [6, 6.07) is 6.26. The van der Waals surface area contributed by atoms with Gasteiger partial charge in [-0.2, -0.15) is 0 Å². The van der Waals surface area contributed by atoms with Crippen LogP contribution >= 0.6 is 0 Å². The van der Waals surface area contributed by atoms with Crippen molar-refractivity contribution in [1.29, 1.82) is 0 Å². The van der Waals surface area contributed by atoms with Gasteiger partial charge in [0.1, 0.15) is 17.4 Å². The van der Waals surface area contributed by atoms with Gasteiger partial charge in [-0.1, -0.05) is 12.2 Å². The van der Waals surface area contributed by atoms with Crippen molar-refractivity contribution in [2.75, 3.05) is 45.3 Å². The number of hydrogen-bond acceptors (Lipinski definition) is 6. The number of anilines is 1. The summed E-state index contributed by atoms with van der Waals surface area (Å²) in [5.74, 6) is -1.47. The van der Waals surface area contributed by atoms with Gasteiger partial charge in [0.05, 0.1) is 24.5 Å². The number of amides is 3. The number of unbranched alkanes of at least 4 members (excludes halogenated alkanes) is 1. The second-order valence-electron chi connectivity index (χ2n) is 10.6. The third kappa shape index (κ3) is 4.41. The van der Waals surface area contributed by atoms with Crippen LogP contribution < -0.4 is 9.64 Å². The van der Waals surface area contributed by atoms with Crippen molar-refractivity contribution in [3.05, 3.63) is 49.6 Å². The first kappa shape index (κ1) is 27.9. The van der Waals surface area contributed by atoms with Gasteiger partial charge in [-0.3, -0.25) is 14.4 Å². The smallest absolute Gasteiger partial charge is 0.253 e. The van der Waals surface area contributed by atoms with E-state index < -0.39 is 29.1 Å². The van der Waals surface area contributed by atoms with Crippen LogP contribution in [0, 0.1) is 11.8 Å². The van der Waals surface area contributed by atoms with E-state index in [1.54, 1.807) is 65.3 Å². The molecule has 1 spiro atoms. The van der Waals surface area contributed by atoms with E-state index in [0.29, 0.717) is 50.2 Å². The average molecular weight is 526 g/mol. The molecular formula is C29H39N3O6. The molecule has 0 radical (unpaired) electrons. The lowest BCUT2D eigenvalue weighted by Crippen LogP contribution is -2.56. The van der Waals surface area contributed by atoms with Crippen LogP contribution in [0.15, 0.2) is 49.6 Å². The van der Waals surface area contributed by atoms with E-state index in [2.05, 4.69) is 13.2 Å². The zero-order chi connectivity index (χ0) is 27.7. The van der Waals surface area contributed by atoms with E-state index in [1.807, 2.05) is 6.92 Å². The number of aliphatic hydroxyl groups excluding tert-OH is 1. The Morgan fingerprint density at radius 3 is 2.45 bits per heavy atom. The van der Waals surface area contributed by atoms with Crippen LogP contribution in [0.5, 0.6) is 5.75 Å². The van der Waals surface area contributed by atoms with Crippen LogP contribution in [0.1, 0.15) is 32.6 Å². The first-order valence-electron chi connectivity index (χ1n) is 13.2. The molecule has 3 fully saturated rings. The number of rotatable bonds is 12. The predicted molar refractivity (Wildman–Crippen MR) is 144 cm³/mol. The molecule has 3 aliphatic heterocycles. The molecule has 3 heterocycles. The fourth-order valence-electron chi connectivity index (χ4n) is 6.60. The Bertz CT molecular complexity index is 1090. The first-order valence-corrected chi connectivity index (χ1v) is 13.2. The number of carbonyl (C=O) groups excluding carboxylic acids is 3. The SMILES string of the molecule is C=CCN(C)C(=O)[C@@H]1[C@H]2C(=O)N(CCCCO)C(C(=O)N(CC=C)c3ccc(OC)cc3)C23CC[C@@]1(C)O3. The standard InChI is InChI=1S/C29H39N3O6/c1-6-16-30(4)25(34)22-23-26(35)32(18-8-9-19-33)24(29(23)15-14-28(22,3)38-29)27(36)31(17-7-2)20-10-12-21(37-5)13-11-20/h6-7,10-13,22-24,33H,1-2,8-9,14-19H2,3-5H3/t22-,23-,24?,28+,29?/m0/s1. The Labute approximate surface area is 224 Å². The Morgan fingerprint density at radius 2 is 1.84 bits per heavy atom. The highest BCUT2D eigenvalue weighted by Crippen LogP contribution is 2.63. The van der Waals surface area contributed by atoms with Crippen molar-refractivity contribution in [2.24, 2.45) is 11.8 Å². The molecule has 2 unspecified atom stereocenters. The summed E-state index contributed by atoms with van der Waals surface area (Å²) in [6.45, 7) is 10.3. The molecule has 3 amide bonds. The first-order chi connectivity index (χ1) is 18.2. The molecular weight excluding hydrogens is 486 g/mol. The summed E-state index contributed by atoms with van der Waals surface area (Å²) in [6.07, 6.45) is 5.41. The second-order valence-corrected chi connectivity index (χ2v) is 10.6. The zero-order valence-electron chi connectivity index (χ0n) is 22.6. The number of likely N-dealkylation sites (tertiary alicyclic amines) is 1. The molecule has 5 atom stereocenters. The number of fused-ring (bicyclic) bond motifs is 1. The van der Waals surface area contributed by atoms with E-state index in [4.69, 9.17) is 9.47 Å². The number of benzene rings is 1. The van der Waals surface area contributed by atoms with Gasteiger partial charge in [0.2, 0.25) is 11.8 Å². The molecule has 0 saturated carbocycles. The van der Waals surface area contributed by atoms with Gasteiger partial charge in [0, 0.05) is 39.0 Å². The normalized spacial score (nSPS) is 29.2. The third-order valence-electron chi connectivity index (χ3n) is 8.32. The molecule has 1 aromatic carbocycles. The molecule has 0 aliphatic carbocycles. The molecule has 1 aromatic rings. The van der Waals surface area contributed by atoms with Crippen molar-refractivity contribution in [1.82, 2.24) is 9.80 Å². The van der Waals surface area contributed by atoms with E-state index in [9.17, 15) is 19.5 Å². The Hall–Kier alpha value is -3.17. The number of aliphatic hydroxyl groups is 1. The minimum Gasteiger partial charge on any atom is -0.497 e. The predicted octanol–water partition coefficient (Wildman–Crippen LogP) is 2.40. The summed E-state index contributed by atoms with van der Waals surface area (Å²) >= 11 is 0. The Kier molecular flexibility index (Phi) is 7.99. The van der Waals surface area contributed by atoms with E-state index in [-0.39, 0.29) is 30.9 Å². The van der Waals surface area contributed by atoms with Gasteiger partial charge >= 0.3 is 0 Å². The van der Waals surface area contributed by atoms with Gasteiger partial charge in [-0.05, 0) is 56.9 Å². The Balaban J connectivity index is 1.77. The van der Waals surface area contributed by atoms with E-state index in [0.717, 1.165) is 0 Å². The molecule has 3 aliphatic rings. The summed E-state index contributed by atoms with van der Waals surface area (Å²) in [7, 11) is 3.27. The number of nitrogens with zero attached hydrogens (tertiary/aromatic N) is 3. The molecule has 0 aromatic heterocycles. The molecule has 2 bridgehead atoms. The van der Waals surface area contributed by atoms with Crippen LogP contribution in [0.2, 0.25) is 0 Å². The van der Waals surface area contributed by atoms with Gasteiger partial charge in [0.15, 0.2) is 0 Å².